The minimum Gasteiger partial charge on any atom is -0.377 e. The number of sulfonamides is 1. The first-order valence-electron chi connectivity index (χ1n) is 9.71. The normalized spacial score (nSPS) is 12.4. The van der Waals surface area contributed by atoms with E-state index >= 15 is 0 Å². The van der Waals surface area contributed by atoms with Crippen LogP contribution in [0.1, 0.15) is 29.4 Å². The molecule has 3 aromatic rings. The van der Waals surface area contributed by atoms with Gasteiger partial charge in [-0.15, -0.1) is 0 Å². The topological polar surface area (TPSA) is 130 Å². The number of nitrogens with zero attached hydrogens (tertiary/aromatic N) is 2. The van der Waals surface area contributed by atoms with Crippen LogP contribution in [0.4, 0.5) is 17.1 Å². The van der Waals surface area contributed by atoms with Gasteiger partial charge in [-0.25, -0.2) is 8.42 Å². The van der Waals surface area contributed by atoms with Gasteiger partial charge in [0, 0.05) is 24.2 Å². The standard InChI is InChI=1S/C21H25N5O4S/c1-13-5-7-19(14(2)9-13)25-31(29,30)18-6-8-20(21(12-18)26(27)28)22-15(3)10-17-11-16(4)23-24-17/h5-9,11-12,15,22,25H,10H2,1-4H3,(H,23,24). The molecular formula is C21H25N5O4S. The number of hydrogen-bond acceptors (Lipinski definition) is 6. The molecule has 0 aliphatic heterocycles. The Morgan fingerprint density at radius 2 is 1.81 bits per heavy atom. The second-order valence-corrected chi connectivity index (χ2v) is 9.33. The Hall–Kier alpha value is -3.40. The number of aryl methyl sites for hydroxylation is 3. The predicted molar refractivity (Wildman–Crippen MR) is 120 cm³/mol. The zero-order chi connectivity index (χ0) is 22.8. The van der Waals surface area contributed by atoms with Gasteiger partial charge in [0.1, 0.15) is 5.69 Å². The molecule has 3 rings (SSSR count). The first kappa shape index (κ1) is 22.3. The van der Waals surface area contributed by atoms with Crippen LogP contribution in [0.3, 0.4) is 0 Å². The Balaban J connectivity index is 1.84. The summed E-state index contributed by atoms with van der Waals surface area (Å²) in [7, 11) is -3.99. The molecule has 1 aromatic heterocycles. The molecule has 31 heavy (non-hydrogen) atoms. The van der Waals surface area contributed by atoms with Crippen molar-refractivity contribution in [3.63, 3.8) is 0 Å². The molecule has 0 saturated carbocycles. The number of aromatic nitrogens is 2. The van der Waals surface area contributed by atoms with Gasteiger partial charge in [-0.05, 0) is 57.5 Å². The van der Waals surface area contributed by atoms with E-state index < -0.39 is 14.9 Å². The van der Waals surface area contributed by atoms with Crippen molar-refractivity contribution in [1.29, 1.82) is 0 Å². The maximum Gasteiger partial charge on any atom is 0.293 e. The van der Waals surface area contributed by atoms with E-state index in [0.29, 0.717) is 12.1 Å². The number of H-pyrrole nitrogens is 1. The van der Waals surface area contributed by atoms with Crippen LogP contribution in [0.25, 0.3) is 0 Å². The molecule has 9 nitrogen and oxygen atoms in total. The highest BCUT2D eigenvalue weighted by Crippen LogP contribution is 2.30. The van der Waals surface area contributed by atoms with Crippen molar-refractivity contribution in [1.82, 2.24) is 10.2 Å². The summed E-state index contributed by atoms with van der Waals surface area (Å²) in [5.41, 5.74) is 3.89. The zero-order valence-corrected chi connectivity index (χ0v) is 18.6. The van der Waals surface area contributed by atoms with E-state index in [2.05, 4.69) is 20.2 Å². The molecule has 10 heteroatoms. The summed E-state index contributed by atoms with van der Waals surface area (Å²) in [5.74, 6) is 0. The maximum atomic E-state index is 12.8. The predicted octanol–water partition coefficient (Wildman–Crippen LogP) is 4.09. The monoisotopic (exact) mass is 443 g/mol. The van der Waals surface area contributed by atoms with Crippen LogP contribution in [0.2, 0.25) is 0 Å². The molecule has 0 fully saturated rings. The summed E-state index contributed by atoms with van der Waals surface area (Å²) < 4.78 is 28.2. The van der Waals surface area contributed by atoms with Gasteiger partial charge < -0.3 is 5.32 Å². The van der Waals surface area contributed by atoms with Gasteiger partial charge in [0.05, 0.1) is 21.2 Å². The van der Waals surface area contributed by atoms with Crippen LogP contribution < -0.4 is 10.0 Å². The Labute approximate surface area is 181 Å². The fourth-order valence-corrected chi connectivity index (χ4v) is 4.44. The van der Waals surface area contributed by atoms with Gasteiger partial charge in [-0.2, -0.15) is 5.10 Å². The third-order valence-corrected chi connectivity index (χ3v) is 6.14. The van der Waals surface area contributed by atoms with Crippen LogP contribution in [0.5, 0.6) is 0 Å². The summed E-state index contributed by atoms with van der Waals surface area (Å²) in [5, 5.41) is 21.7. The molecule has 164 valence electrons. The molecule has 0 saturated heterocycles. The molecule has 0 aliphatic rings. The van der Waals surface area contributed by atoms with Gasteiger partial charge in [0.15, 0.2) is 0 Å². The number of nitro groups is 1. The van der Waals surface area contributed by atoms with E-state index in [-0.39, 0.29) is 22.3 Å². The Morgan fingerprint density at radius 3 is 2.42 bits per heavy atom. The lowest BCUT2D eigenvalue weighted by molar-refractivity contribution is -0.384. The minimum absolute atomic E-state index is 0.155. The molecule has 0 amide bonds. The Bertz CT molecular complexity index is 1220. The summed E-state index contributed by atoms with van der Waals surface area (Å²) in [4.78, 5) is 10.9. The number of aromatic amines is 1. The van der Waals surface area contributed by atoms with E-state index in [1.54, 1.807) is 19.1 Å². The van der Waals surface area contributed by atoms with Gasteiger partial charge >= 0.3 is 0 Å². The van der Waals surface area contributed by atoms with Crippen LogP contribution in [-0.4, -0.2) is 29.6 Å². The molecule has 1 heterocycles. The van der Waals surface area contributed by atoms with Crippen LogP contribution >= 0.6 is 0 Å². The quantitative estimate of drug-likeness (QED) is 0.355. The second-order valence-electron chi connectivity index (χ2n) is 7.65. The van der Waals surface area contributed by atoms with Gasteiger partial charge in [-0.3, -0.25) is 19.9 Å². The molecule has 0 spiro atoms. The molecule has 0 radical (unpaired) electrons. The molecule has 2 aromatic carbocycles. The number of rotatable bonds is 8. The lowest BCUT2D eigenvalue weighted by atomic mass is 10.1. The molecule has 0 aliphatic carbocycles. The summed E-state index contributed by atoms with van der Waals surface area (Å²) in [6.07, 6.45) is 0.551. The average Bonchev–Trinajstić information content (AvgIpc) is 3.08. The number of nitro benzene ring substituents is 1. The molecule has 1 unspecified atom stereocenters. The maximum absolute atomic E-state index is 12.8. The van der Waals surface area contributed by atoms with Crippen molar-refractivity contribution in [2.24, 2.45) is 0 Å². The molecular weight excluding hydrogens is 418 g/mol. The van der Waals surface area contributed by atoms with Crippen LogP contribution in [0, 0.1) is 30.9 Å². The average molecular weight is 444 g/mol. The third-order valence-electron chi connectivity index (χ3n) is 4.78. The Morgan fingerprint density at radius 1 is 1.10 bits per heavy atom. The Kier molecular flexibility index (Phi) is 6.30. The SMILES string of the molecule is Cc1ccc(NS(=O)(=O)c2ccc(NC(C)Cc3cc(C)[nH]n3)c([N+](=O)[O-])c2)c(C)c1. The minimum atomic E-state index is -3.99. The van der Waals surface area contributed by atoms with E-state index in [1.807, 2.05) is 32.9 Å². The summed E-state index contributed by atoms with van der Waals surface area (Å²) in [6.45, 7) is 7.47. The number of nitrogens with one attached hydrogen (secondary N) is 3. The highest BCUT2D eigenvalue weighted by molar-refractivity contribution is 7.92. The lowest BCUT2D eigenvalue weighted by Crippen LogP contribution is -2.19. The van der Waals surface area contributed by atoms with E-state index in [9.17, 15) is 18.5 Å². The van der Waals surface area contributed by atoms with Crippen LogP contribution in [-0.2, 0) is 16.4 Å². The lowest BCUT2D eigenvalue weighted by Gasteiger charge is -2.15. The van der Waals surface area contributed by atoms with Crippen molar-refractivity contribution < 1.29 is 13.3 Å². The highest BCUT2D eigenvalue weighted by Gasteiger charge is 2.23. The zero-order valence-electron chi connectivity index (χ0n) is 17.8. The second kappa shape index (κ2) is 8.76. The smallest absolute Gasteiger partial charge is 0.293 e. The van der Waals surface area contributed by atoms with Gasteiger partial charge in [-0.1, -0.05) is 17.7 Å². The number of benzene rings is 2. The van der Waals surface area contributed by atoms with E-state index in [1.165, 1.54) is 12.1 Å². The summed E-state index contributed by atoms with van der Waals surface area (Å²) in [6, 6.07) is 10.9. The van der Waals surface area contributed by atoms with Crippen LogP contribution in [0.15, 0.2) is 47.4 Å². The van der Waals surface area contributed by atoms with Crippen molar-refractivity contribution in [2.45, 2.75) is 45.1 Å². The third kappa shape index (κ3) is 5.40. The van der Waals surface area contributed by atoms with E-state index in [0.717, 1.165) is 28.6 Å². The van der Waals surface area contributed by atoms with Crippen molar-refractivity contribution >= 4 is 27.1 Å². The fourth-order valence-electron chi connectivity index (χ4n) is 3.29. The molecule has 0 bridgehead atoms. The van der Waals surface area contributed by atoms with Gasteiger partial charge in [0.25, 0.3) is 15.7 Å². The number of anilines is 2. The molecule has 1 atom stereocenters. The van der Waals surface area contributed by atoms with Crippen molar-refractivity contribution in [2.75, 3.05) is 10.0 Å². The summed E-state index contributed by atoms with van der Waals surface area (Å²) >= 11 is 0. The highest BCUT2D eigenvalue weighted by atomic mass is 32.2. The number of hydrogen-bond donors (Lipinski definition) is 3. The van der Waals surface area contributed by atoms with Crippen molar-refractivity contribution in [3.05, 3.63) is 75.1 Å². The first-order chi connectivity index (χ1) is 14.5. The largest absolute Gasteiger partial charge is 0.377 e. The van der Waals surface area contributed by atoms with E-state index in [4.69, 9.17) is 0 Å². The fraction of sp³-hybridized carbons (Fsp3) is 0.286. The van der Waals surface area contributed by atoms with Crippen molar-refractivity contribution in [3.8, 4) is 0 Å². The molecule has 3 N–H and O–H groups in total. The first-order valence-corrected chi connectivity index (χ1v) is 11.2. The van der Waals surface area contributed by atoms with Gasteiger partial charge in [0.2, 0.25) is 0 Å².